The minimum atomic E-state index is -0.192. The van der Waals surface area contributed by atoms with Gasteiger partial charge in [-0.2, -0.15) is 0 Å². The SMILES string of the molecule is NC1CCCN(C2CCN(C(=O)OCc3ccccc3)CC2)C1. The summed E-state index contributed by atoms with van der Waals surface area (Å²) in [7, 11) is 0. The molecule has 2 aliphatic heterocycles. The second-order valence-corrected chi connectivity index (χ2v) is 6.66. The summed E-state index contributed by atoms with van der Waals surface area (Å²) < 4.78 is 5.42. The third-order valence-corrected chi connectivity index (χ3v) is 4.93. The Hall–Kier alpha value is -1.59. The van der Waals surface area contributed by atoms with Crippen molar-refractivity contribution in [2.45, 2.75) is 44.4 Å². The highest BCUT2D eigenvalue weighted by atomic mass is 16.6. The number of amides is 1. The van der Waals surface area contributed by atoms with Crippen LogP contribution in [-0.4, -0.2) is 54.2 Å². The number of benzene rings is 1. The van der Waals surface area contributed by atoms with E-state index in [1.165, 1.54) is 6.42 Å². The number of nitrogens with zero attached hydrogens (tertiary/aromatic N) is 2. The van der Waals surface area contributed by atoms with Crippen molar-refractivity contribution in [3.8, 4) is 0 Å². The van der Waals surface area contributed by atoms with Crippen LogP contribution in [0.4, 0.5) is 4.79 Å². The van der Waals surface area contributed by atoms with E-state index >= 15 is 0 Å². The Morgan fingerprint density at radius 3 is 2.57 bits per heavy atom. The van der Waals surface area contributed by atoms with Crippen molar-refractivity contribution in [3.05, 3.63) is 35.9 Å². The van der Waals surface area contributed by atoms with Gasteiger partial charge in [0.1, 0.15) is 6.61 Å². The summed E-state index contributed by atoms with van der Waals surface area (Å²) in [5, 5.41) is 0. The number of nitrogens with two attached hydrogens (primary N) is 1. The van der Waals surface area contributed by atoms with Crippen molar-refractivity contribution >= 4 is 6.09 Å². The molecule has 2 fully saturated rings. The van der Waals surface area contributed by atoms with Gasteiger partial charge in [0.15, 0.2) is 0 Å². The maximum absolute atomic E-state index is 12.2. The van der Waals surface area contributed by atoms with E-state index in [0.717, 1.165) is 51.0 Å². The van der Waals surface area contributed by atoms with E-state index in [-0.39, 0.29) is 6.09 Å². The summed E-state index contributed by atoms with van der Waals surface area (Å²) in [5.41, 5.74) is 7.10. The fourth-order valence-corrected chi connectivity index (χ4v) is 3.60. The number of piperidine rings is 2. The van der Waals surface area contributed by atoms with Crippen LogP contribution in [0.15, 0.2) is 30.3 Å². The van der Waals surface area contributed by atoms with Crippen LogP contribution in [0.3, 0.4) is 0 Å². The Bertz CT molecular complexity index is 500. The third-order valence-electron chi connectivity index (χ3n) is 4.93. The van der Waals surface area contributed by atoms with Gasteiger partial charge < -0.3 is 15.4 Å². The molecule has 0 aliphatic carbocycles. The lowest BCUT2D eigenvalue weighted by molar-refractivity contribution is 0.0601. The molecule has 3 rings (SSSR count). The monoisotopic (exact) mass is 317 g/mol. The topological polar surface area (TPSA) is 58.8 Å². The fourth-order valence-electron chi connectivity index (χ4n) is 3.60. The van der Waals surface area contributed by atoms with Gasteiger partial charge in [-0.25, -0.2) is 4.79 Å². The average Bonchev–Trinajstić information content (AvgIpc) is 2.61. The van der Waals surface area contributed by atoms with E-state index in [1.54, 1.807) is 0 Å². The molecule has 0 radical (unpaired) electrons. The molecular formula is C18H27N3O2. The van der Waals surface area contributed by atoms with Crippen molar-refractivity contribution in [2.24, 2.45) is 5.73 Å². The molecule has 0 aromatic heterocycles. The van der Waals surface area contributed by atoms with Crippen LogP contribution < -0.4 is 5.73 Å². The molecule has 1 aromatic rings. The van der Waals surface area contributed by atoms with Crippen LogP contribution in [-0.2, 0) is 11.3 Å². The van der Waals surface area contributed by atoms with E-state index in [0.29, 0.717) is 18.7 Å². The highest BCUT2D eigenvalue weighted by Crippen LogP contribution is 2.21. The number of carbonyl (C=O) groups is 1. The highest BCUT2D eigenvalue weighted by molar-refractivity contribution is 5.67. The Morgan fingerprint density at radius 2 is 1.87 bits per heavy atom. The summed E-state index contributed by atoms with van der Waals surface area (Å²) >= 11 is 0. The molecule has 5 nitrogen and oxygen atoms in total. The molecule has 1 unspecified atom stereocenters. The second kappa shape index (κ2) is 7.79. The van der Waals surface area contributed by atoms with Gasteiger partial charge in [0, 0.05) is 31.7 Å². The molecule has 2 heterocycles. The van der Waals surface area contributed by atoms with Gasteiger partial charge >= 0.3 is 6.09 Å². The van der Waals surface area contributed by atoms with E-state index in [2.05, 4.69) is 4.90 Å². The highest BCUT2D eigenvalue weighted by Gasteiger charge is 2.29. The van der Waals surface area contributed by atoms with Crippen molar-refractivity contribution in [3.63, 3.8) is 0 Å². The molecule has 0 spiro atoms. The van der Waals surface area contributed by atoms with Crippen molar-refractivity contribution < 1.29 is 9.53 Å². The maximum atomic E-state index is 12.2. The number of ether oxygens (including phenoxy) is 1. The van der Waals surface area contributed by atoms with E-state index < -0.39 is 0 Å². The molecule has 126 valence electrons. The zero-order chi connectivity index (χ0) is 16.1. The first-order valence-corrected chi connectivity index (χ1v) is 8.67. The Morgan fingerprint density at radius 1 is 1.13 bits per heavy atom. The molecule has 2 saturated heterocycles. The van der Waals surface area contributed by atoms with Crippen molar-refractivity contribution in [2.75, 3.05) is 26.2 Å². The molecule has 0 bridgehead atoms. The van der Waals surface area contributed by atoms with Crippen LogP contribution in [0, 0.1) is 0 Å². The Labute approximate surface area is 138 Å². The summed E-state index contributed by atoms with van der Waals surface area (Å²) in [6.45, 7) is 4.06. The van der Waals surface area contributed by atoms with E-state index in [9.17, 15) is 4.79 Å². The first-order valence-electron chi connectivity index (χ1n) is 8.67. The molecule has 1 aromatic carbocycles. The molecule has 1 amide bonds. The van der Waals surface area contributed by atoms with E-state index in [1.807, 2.05) is 35.2 Å². The van der Waals surface area contributed by atoms with Gasteiger partial charge in [0.05, 0.1) is 0 Å². The van der Waals surface area contributed by atoms with Gasteiger partial charge in [-0.3, -0.25) is 4.90 Å². The van der Waals surface area contributed by atoms with Crippen LogP contribution in [0.2, 0.25) is 0 Å². The number of hydrogen-bond acceptors (Lipinski definition) is 4. The van der Waals surface area contributed by atoms with Gasteiger partial charge in [0.25, 0.3) is 0 Å². The predicted octanol–water partition coefficient (Wildman–Crippen LogP) is 2.21. The number of hydrogen-bond donors (Lipinski definition) is 1. The first-order chi connectivity index (χ1) is 11.2. The third kappa shape index (κ3) is 4.45. The standard InChI is InChI=1S/C18H27N3O2/c19-16-7-4-10-21(13-16)17-8-11-20(12-9-17)18(22)23-14-15-5-2-1-3-6-15/h1-3,5-6,16-17H,4,7-14,19H2. The van der Waals surface area contributed by atoms with Crippen LogP contribution in [0.25, 0.3) is 0 Å². The van der Waals surface area contributed by atoms with Crippen LogP contribution in [0.1, 0.15) is 31.2 Å². The van der Waals surface area contributed by atoms with E-state index in [4.69, 9.17) is 10.5 Å². The minimum Gasteiger partial charge on any atom is -0.445 e. The van der Waals surface area contributed by atoms with Gasteiger partial charge in [-0.05, 0) is 37.8 Å². The van der Waals surface area contributed by atoms with Gasteiger partial charge in [0.2, 0.25) is 0 Å². The van der Waals surface area contributed by atoms with Crippen molar-refractivity contribution in [1.29, 1.82) is 0 Å². The molecule has 2 N–H and O–H groups in total. The lowest BCUT2D eigenvalue weighted by atomic mass is 9.98. The summed E-state index contributed by atoms with van der Waals surface area (Å²) in [4.78, 5) is 16.5. The first kappa shape index (κ1) is 16.3. The average molecular weight is 317 g/mol. The zero-order valence-electron chi connectivity index (χ0n) is 13.7. The zero-order valence-corrected chi connectivity index (χ0v) is 13.7. The smallest absolute Gasteiger partial charge is 0.410 e. The second-order valence-electron chi connectivity index (χ2n) is 6.66. The Kier molecular flexibility index (Phi) is 5.51. The number of carbonyl (C=O) groups excluding carboxylic acids is 1. The maximum Gasteiger partial charge on any atom is 0.410 e. The van der Waals surface area contributed by atoms with Crippen LogP contribution in [0.5, 0.6) is 0 Å². The van der Waals surface area contributed by atoms with Gasteiger partial charge in [-0.1, -0.05) is 30.3 Å². The predicted molar refractivity (Wildman–Crippen MR) is 90.0 cm³/mol. The number of likely N-dealkylation sites (tertiary alicyclic amines) is 2. The summed E-state index contributed by atoms with van der Waals surface area (Å²) in [5.74, 6) is 0. The van der Waals surface area contributed by atoms with Crippen molar-refractivity contribution in [1.82, 2.24) is 9.80 Å². The summed E-state index contributed by atoms with van der Waals surface area (Å²) in [6.07, 6.45) is 4.18. The fraction of sp³-hybridized carbons (Fsp3) is 0.611. The minimum absolute atomic E-state index is 0.192. The quantitative estimate of drug-likeness (QED) is 0.928. The van der Waals surface area contributed by atoms with Gasteiger partial charge in [-0.15, -0.1) is 0 Å². The lowest BCUT2D eigenvalue weighted by Crippen LogP contribution is -2.52. The molecule has 0 saturated carbocycles. The molecule has 23 heavy (non-hydrogen) atoms. The summed E-state index contributed by atoms with van der Waals surface area (Å²) in [6, 6.07) is 10.7. The normalized spacial score (nSPS) is 23.7. The molecular weight excluding hydrogens is 290 g/mol. The molecule has 2 aliphatic rings. The molecule has 5 heteroatoms. The Balaban J connectivity index is 1.42. The number of rotatable bonds is 3. The van der Waals surface area contributed by atoms with Crippen LogP contribution >= 0.6 is 0 Å². The lowest BCUT2D eigenvalue weighted by Gasteiger charge is -2.41. The molecule has 1 atom stereocenters. The largest absolute Gasteiger partial charge is 0.445 e.